The van der Waals surface area contributed by atoms with Crippen molar-refractivity contribution < 1.29 is 9.59 Å². The Kier molecular flexibility index (Phi) is 4.16. The Hall–Kier alpha value is -2.44. The molecule has 2 aromatic rings. The summed E-state index contributed by atoms with van der Waals surface area (Å²) >= 11 is 0. The minimum absolute atomic E-state index is 0.126. The molecule has 0 aliphatic carbocycles. The van der Waals surface area contributed by atoms with Gasteiger partial charge in [-0.05, 0) is 18.9 Å². The number of nitrogens with zero attached hydrogens (tertiary/aromatic N) is 4. The van der Waals surface area contributed by atoms with Gasteiger partial charge >= 0.3 is 0 Å². The Bertz CT molecular complexity index is 748. The van der Waals surface area contributed by atoms with Gasteiger partial charge in [0, 0.05) is 19.8 Å². The summed E-state index contributed by atoms with van der Waals surface area (Å²) in [6.45, 7) is 5.74. The van der Waals surface area contributed by atoms with Gasteiger partial charge in [0.2, 0.25) is 5.91 Å². The van der Waals surface area contributed by atoms with E-state index in [-0.39, 0.29) is 18.4 Å². The minimum Gasteiger partial charge on any atom is -0.368 e. The van der Waals surface area contributed by atoms with E-state index in [4.69, 9.17) is 5.73 Å². The van der Waals surface area contributed by atoms with Crippen molar-refractivity contribution in [3.8, 4) is 0 Å². The van der Waals surface area contributed by atoms with E-state index in [1.807, 2.05) is 20.8 Å². The molecule has 0 saturated heterocycles. The second kappa shape index (κ2) is 5.75. The van der Waals surface area contributed by atoms with Crippen molar-refractivity contribution in [3.05, 3.63) is 23.0 Å². The molecule has 7 nitrogen and oxygen atoms in total. The summed E-state index contributed by atoms with van der Waals surface area (Å²) in [5, 5.41) is 5.06. The summed E-state index contributed by atoms with van der Waals surface area (Å²) < 4.78 is 1.67. The van der Waals surface area contributed by atoms with E-state index in [2.05, 4.69) is 10.1 Å². The fourth-order valence-corrected chi connectivity index (χ4v) is 2.44. The molecule has 0 fully saturated rings. The third-order valence-electron chi connectivity index (χ3n) is 3.55. The SMILES string of the molecule is Cc1nn(C)c2nc(C(C)C)cc(C(=O)N(C)CC(N)=O)c12. The molecular formula is C15H21N5O2. The molecule has 2 heterocycles. The number of nitrogens with two attached hydrogens (primary N) is 1. The average molecular weight is 303 g/mol. The Balaban J connectivity index is 2.65. The first-order valence-electron chi connectivity index (χ1n) is 7.10. The highest BCUT2D eigenvalue weighted by molar-refractivity contribution is 6.07. The van der Waals surface area contributed by atoms with Crippen molar-refractivity contribution >= 4 is 22.8 Å². The predicted octanol–water partition coefficient (Wildman–Crippen LogP) is 0.957. The molecule has 22 heavy (non-hydrogen) atoms. The average Bonchev–Trinajstić information content (AvgIpc) is 2.71. The number of primary amides is 1. The molecule has 7 heteroatoms. The lowest BCUT2D eigenvalue weighted by atomic mass is 10.0. The van der Waals surface area contributed by atoms with Gasteiger partial charge < -0.3 is 10.6 Å². The molecule has 2 rings (SSSR count). The van der Waals surface area contributed by atoms with Gasteiger partial charge in [0.05, 0.1) is 23.2 Å². The molecule has 0 radical (unpaired) electrons. The molecule has 118 valence electrons. The number of aryl methyl sites for hydroxylation is 2. The van der Waals surface area contributed by atoms with Crippen LogP contribution >= 0.6 is 0 Å². The zero-order chi connectivity index (χ0) is 16.6. The maximum absolute atomic E-state index is 12.7. The Morgan fingerprint density at radius 3 is 2.59 bits per heavy atom. The Labute approximate surface area is 129 Å². The summed E-state index contributed by atoms with van der Waals surface area (Å²) in [5.41, 5.74) is 7.89. The van der Waals surface area contributed by atoms with Crippen molar-refractivity contribution in [1.82, 2.24) is 19.7 Å². The molecule has 0 saturated carbocycles. The summed E-state index contributed by atoms with van der Waals surface area (Å²) in [6, 6.07) is 1.78. The maximum Gasteiger partial charge on any atom is 0.254 e. The molecule has 0 spiro atoms. The highest BCUT2D eigenvalue weighted by Gasteiger charge is 2.22. The van der Waals surface area contributed by atoms with Crippen molar-refractivity contribution in [2.45, 2.75) is 26.7 Å². The predicted molar refractivity (Wildman–Crippen MR) is 83.5 cm³/mol. The van der Waals surface area contributed by atoms with Crippen molar-refractivity contribution in [2.24, 2.45) is 12.8 Å². The van der Waals surface area contributed by atoms with Crippen molar-refractivity contribution in [3.63, 3.8) is 0 Å². The number of carbonyl (C=O) groups excluding carboxylic acids is 2. The number of hydrogen-bond acceptors (Lipinski definition) is 4. The molecule has 0 aromatic carbocycles. The number of amides is 2. The molecular weight excluding hydrogens is 282 g/mol. The van der Waals surface area contributed by atoms with Gasteiger partial charge in [-0.1, -0.05) is 13.8 Å². The number of rotatable bonds is 4. The lowest BCUT2D eigenvalue weighted by Gasteiger charge is -2.17. The second-order valence-electron chi connectivity index (χ2n) is 5.78. The van der Waals surface area contributed by atoms with Crippen LogP contribution in [0.3, 0.4) is 0 Å². The van der Waals surface area contributed by atoms with Crippen LogP contribution < -0.4 is 5.73 Å². The standard InChI is InChI=1S/C15H21N5O2/c1-8(2)11-6-10(15(22)19(4)7-12(16)21)13-9(3)18-20(5)14(13)17-11/h6,8H,7H2,1-5H3,(H2,16,21). The Morgan fingerprint density at radius 2 is 2.05 bits per heavy atom. The third kappa shape index (κ3) is 2.79. The van der Waals surface area contributed by atoms with E-state index in [0.29, 0.717) is 16.6 Å². The molecule has 0 atom stereocenters. The number of fused-ring (bicyclic) bond motifs is 1. The van der Waals surface area contributed by atoms with Gasteiger partial charge in [-0.25, -0.2) is 4.98 Å². The molecule has 0 aliphatic heterocycles. The quantitative estimate of drug-likeness (QED) is 0.910. The van der Waals surface area contributed by atoms with Gasteiger partial charge in [-0.15, -0.1) is 0 Å². The van der Waals surface area contributed by atoms with Gasteiger partial charge in [-0.2, -0.15) is 5.10 Å². The van der Waals surface area contributed by atoms with Gasteiger partial charge in [0.1, 0.15) is 0 Å². The van der Waals surface area contributed by atoms with Gasteiger partial charge in [-0.3, -0.25) is 14.3 Å². The highest BCUT2D eigenvalue weighted by Crippen LogP contribution is 2.25. The van der Waals surface area contributed by atoms with E-state index >= 15 is 0 Å². The lowest BCUT2D eigenvalue weighted by Crippen LogP contribution is -2.35. The highest BCUT2D eigenvalue weighted by atomic mass is 16.2. The largest absolute Gasteiger partial charge is 0.368 e. The summed E-state index contributed by atoms with van der Waals surface area (Å²) in [4.78, 5) is 29.6. The normalized spacial score (nSPS) is 11.2. The number of likely N-dealkylation sites (N-methyl/N-ethyl adjacent to an activating group) is 1. The molecule has 2 N–H and O–H groups in total. The van der Waals surface area contributed by atoms with E-state index in [1.165, 1.54) is 4.90 Å². The van der Waals surface area contributed by atoms with Crippen LogP contribution in [0.25, 0.3) is 11.0 Å². The summed E-state index contributed by atoms with van der Waals surface area (Å²) in [6.07, 6.45) is 0. The van der Waals surface area contributed by atoms with Crippen LogP contribution in [0.1, 0.15) is 41.5 Å². The van der Waals surface area contributed by atoms with Crippen LogP contribution in [0.15, 0.2) is 6.07 Å². The van der Waals surface area contributed by atoms with Crippen molar-refractivity contribution in [2.75, 3.05) is 13.6 Å². The maximum atomic E-state index is 12.7. The van der Waals surface area contributed by atoms with Crippen LogP contribution in [0, 0.1) is 6.92 Å². The zero-order valence-corrected chi connectivity index (χ0v) is 13.5. The molecule has 0 bridgehead atoms. The van der Waals surface area contributed by atoms with E-state index < -0.39 is 5.91 Å². The fraction of sp³-hybridized carbons (Fsp3) is 0.467. The van der Waals surface area contributed by atoms with Crippen molar-refractivity contribution in [1.29, 1.82) is 0 Å². The number of aromatic nitrogens is 3. The van der Waals surface area contributed by atoms with Crippen LogP contribution in [-0.2, 0) is 11.8 Å². The first-order valence-corrected chi connectivity index (χ1v) is 7.10. The summed E-state index contributed by atoms with van der Waals surface area (Å²) in [5.74, 6) is -0.634. The first kappa shape index (κ1) is 15.9. The zero-order valence-electron chi connectivity index (χ0n) is 13.5. The van der Waals surface area contributed by atoms with Gasteiger partial charge in [0.25, 0.3) is 5.91 Å². The second-order valence-corrected chi connectivity index (χ2v) is 5.78. The van der Waals surface area contributed by atoms with Crippen LogP contribution in [-0.4, -0.2) is 45.1 Å². The monoisotopic (exact) mass is 303 g/mol. The minimum atomic E-state index is -0.548. The fourth-order valence-electron chi connectivity index (χ4n) is 2.44. The smallest absolute Gasteiger partial charge is 0.254 e. The Morgan fingerprint density at radius 1 is 1.41 bits per heavy atom. The summed E-state index contributed by atoms with van der Waals surface area (Å²) in [7, 11) is 3.36. The molecule has 0 aliphatic rings. The topological polar surface area (TPSA) is 94.1 Å². The van der Waals surface area contributed by atoms with E-state index in [0.717, 1.165) is 11.4 Å². The number of pyridine rings is 1. The number of carbonyl (C=O) groups is 2. The molecule has 2 amide bonds. The van der Waals surface area contributed by atoms with Crippen LogP contribution in [0.5, 0.6) is 0 Å². The molecule has 0 unspecified atom stereocenters. The van der Waals surface area contributed by atoms with Crippen LogP contribution in [0.4, 0.5) is 0 Å². The molecule has 2 aromatic heterocycles. The van der Waals surface area contributed by atoms with Crippen LogP contribution in [0.2, 0.25) is 0 Å². The third-order valence-corrected chi connectivity index (χ3v) is 3.55. The van der Waals surface area contributed by atoms with E-state index in [9.17, 15) is 9.59 Å². The van der Waals surface area contributed by atoms with Gasteiger partial charge in [0.15, 0.2) is 5.65 Å². The lowest BCUT2D eigenvalue weighted by molar-refractivity contribution is -0.118. The number of hydrogen-bond donors (Lipinski definition) is 1. The first-order chi connectivity index (χ1) is 10.2. The van der Waals surface area contributed by atoms with E-state index in [1.54, 1.807) is 24.8 Å².